The Morgan fingerprint density at radius 1 is 1.14 bits per heavy atom. The molecule has 2 aromatic rings. The first kappa shape index (κ1) is 20.7. The normalized spacial score (nSPS) is 15.3. The van der Waals surface area contributed by atoms with Crippen LogP contribution in [0.4, 0.5) is 20.7 Å². The van der Waals surface area contributed by atoms with Crippen molar-refractivity contribution < 1.29 is 18.4 Å². The Labute approximate surface area is 167 Å². The van der Waals surface area contributed by atoms with Crippen molar-refractivity contribution in [1.82, 2.24) is 20.5 Å². The van der Waals surface area contributed by atoms with E-state index in [9.17, 15) is 18.4 Å². The summed E-state index contributed by atoms with van der Waals surface area (Å²) in [5.41, 5.74) is -0.724. The van der Waals surface area contributed by atoms with Gasteiger partial charge in [-0.25, -0.2) is 13.9 Å². The molecule has 29 heavy (non-hydrogen) atoms. The molecule has 0 aliphatic carbocycles. The Bertz CT molecular complexity index is 859. The second kappa shape index (κ2) is 8.97. The summed E-state index contributed by atoms with van der Waals surface area (Å²) in [4.78, 5) is 31.3. The lowest BCUT2D eigenvalue weighted by molar-refractivity contribution is -0.118. The fraction of sp³-hybridized carbons (Fsp3) is 0.474. The molecule has 1 saturated heterocycles. The maximum Gasteiger partial charge on any atom is 0.257 e. The number of carbonyl (C=O) groups is 2. The Hall–Kier alpha value is -3.04. The number of aromatic amines is 1. The summed E-state index contributed by atoms with van der Waals surface area (Å²) >= 11 is 0. The zero-order chi connectivity index (χ0) is 21.0. The lowest BCUT2D eigenvalue weighted by atomic mass is 10.0. The van der Waals surface area contributed by atoms with Crippen LogP contribution in [0.5, 0.6) is 0 Å². The van der Waals surface area contributed by atoms with Crippen molar-refractivity contribution in [3.8, 4) is 0 Å². The van der Waals surface area contributed by atoms with Crippen LogP contribution in [0.2, 0.25) is 0 Å². The third kappa shape index (κ3) is 4.87. The summed E-state index contributed by atoms with van der Waals surface area (Å²) in [5.74, 6) is -3.24. The number of anilines is 2. The van der Waals surface area contributed by atoms with E-state index in [2.05, 4.69) is 25.8 Å². The number of carbonyl (C=O) groups excluding carboxylic acids is 2. The Morgan fingerprint density at radius 2 is 1.79 bits per heavy atom. The van der Waals surface area contributed by atoms with Gasteiger partial charge in [0.15, 0.2) is 0 Å². The van der Waals surface area contributed by atoms with Crippen molar-refractivity contribution in [2.75, 3.05) is 23.3 Å². The molecule has 1 fully saturated rings. The standard InChI is InChI=1S/C19H24F2N6O2/c1-11(2)15(22-16(28)14-12(20)7-6-8-13(14)21)17(29)23-18-24-19(26-25-18)27-9-4-3-5-10-27/h6-8,11,15H,3-5,9-10H2,1-2H3,(H,22,28)(H2,23,24,25,26,29). The second-order valence-corrected chi connectivity index (χ2v) is 7.31. The van der Waals surface area contributed by atoms with Gasteiger partial charge in [0.1, 0.15) is 23.2 Å². The molecule has 0 saturated carbocycles. The van der Waals surface area contributed by atoms with Gasteiger partial charge in [-0.3, -0.25) is 14.9 Å². The third-order valence-electron chi connectivity index (χ3n) is 4.78. The zero-order valence-corrected chi connectivity index (χ0v) is 16.3. The number of nitrogens with one attached hydrogen (secondary N) is 3. The first-order valence-electron chi connectivity index (χ1n) is 9.60. The Morgan fingerprint density at radius 3 is 2.41 bits per heavy atom. The summed E-state index contributed by atoms with van der Waals surface area (Å²) in [5, 5.41) is 11.8. The smallest absolute Gasteiger partial charge is 0.257 e. The number of aromatic nitrogens is 3. The number of hydrogen-bond donors (Lipinski definition) is 3. The molecular weight excluding hydrogens is 382 g/mol. The van der Waals surface area contributed by atoms with E-state index >= 15 is 0 Å². The number of amides is 2. The van der Waals surface area contributed by atoms with E-state index in [-0.39, 0.29) is 11.9 Å². The van der Waals surface area contributed by atoms with Gasteiger partial charge in [0.25, 0.3) is 5.91 Å². The average molecular weight is 406 g/mol. The number of nitrogens with zero attached hydrogens (tertiary/aromatic N) is 3. The van der Waals surface area contributed by atoms with Gasteiger partial charge in [0, 0.05) is 13.1 Å². The molecule has 2 amide bonds. The first-order valence-corrected chi connectivity index (χ1v) is 9.60. The van der Waals surface area contributed by atoms with Crippen molar-refractivity contribution in [3.05, 3.63) is 35.4 Å². The highest BCUT2D eigenvalue weighted by Gasteiger charge is 2.28. The number of piperidine rings is 1. The van der Waals surface area contributed by atoms with Crippen molar-refractivity contribution >= 4 is 23.7 Å². The van der Waals surface area contributed by atoms with E-state index in [1.165, 1.54) is 6.42 Å². The van der Waals surface area contributed by atoms with Crippen LogP contribution in [0.25, 0.3) is 0 Å². The largest absolute Gasteiger partial charge is 0.340 e. The van der Waals surface area contributed by atoms with Crippen molar-refractivity contribution in [1.29, 1.82) is 0 Å². The minimum absolute atomic E-state index is 0.146. The van der Waals surface area contributed by atoms with Crippen LogP contribution in [-0.2, 0) is 4.79 Å². The number of halogens is 2. The molecule has 3 N–H and O–H groups in total. The summed E-state index contributed by atoms with van der Waals surface area (Å²) in [6.45, 7) is 5.12. The van der Waals surface area contributed by atoms with Gasteiger partial charge in [-0.05, 0) is 37.3 Å². The predicted octanol–water partition coefficient (Wildman–Crippen LogP) is 2.47. The van der Waals surface area contributed by atoms with Crippen LogP contribution in [0.3, 0.4) is 0 Å². The van der Waals surface area contributed by atoms with Gasteiger partial charge in [-0.1, -0.05) is 19.9 Å². The Balaban J connectivity index is 1.68. The molecule has 10 heteroatoms. The van der Waals surface area contributed by atoms with Crippen LogP contribution in [0.15, 0.2) is 18.2 Å². The maximum atomic E-state index is 13.9. The van der Waals surface area contributed by atoms with E-state index in [1.807, 2.05) is 4.90 Å². The van der Waals surface area contributed by atoms with Gasteiger partial charge in [-0.2, -0.15) is 4.98 Å². The predicted molar refractivity (Wildman–Crippen MR) is 104 cm³/mol. The summed E-state index contributed by atoms with van der Waals surface area (Å²) in [6.07, 6.45) is 3.29. The third-order valence-corrected chi connectivity index (χ3v) is 4.78. The number of rotatable bonds is 6. The highest BCUT2D eigenvalue weighted by molar-refractivity contribution is 6.01. The van der Waals surface area contributed by atoms with Gasteiger partial charge in [0.05, 0.1) is 0 Å². The lowest BCUT2D eigenvalue weighted by Gasteiger charge is -2.24. The van der Waals surface area contributed by atoms with Gasteiger partial charge >= 0.3 is 0 Å². The van der Waals surface area contributed by atoms with Crippen LogP contribution in [0, 0.1) is 17.6 Å². The fourth-order valence-corrected chi connectivity index (χ4v) is 3.20. The van der Waals surface area contributed by atoms with Gasteiger partial charge < -0.3 is 10.2 Å². The summed E-state index contributed by atoms with van der Waals surface area (Å²) in [7, 11) is 0. The molecule has 1 unspecified atom stereocenters. The molecule has 0 radical (unpaired) electrons. The average Bonchev–Trinajstić information content (AvgIpc) is 3.14. The number of H-pyrrole nitrogens is 1. The van der Waals surface area contributed by atoms with Crippen molar-refractivity contribution in [3.63, 3.8) is 0 Å². The van der Waals surface area contributed by atoms with E-state index in [0.29, 0.717) is 5.95 Å². The Kier molecular flexibility index (Phi) is 6.40. The topological polar surface area (TPSA) is 103 Å². The maximum absolute atomic E-state index is 13.9. The number of hydrogen-bond acceptors (Lipinski definition) is 5. The molecule has 0 spiro atoms. The van der Waals surface area contributed by atoms with Crippen LogP contribution >= 0.6 is 0 Å². The molecule has 1 aliphatic rings. The van der Waals surface area contributed by atoms with Crippen LogP contribution < -0.4 is 15.5 Å². The quantitative estimate of drug-likeness (QED) is 0.684. The molecule has 0 bridgehead atoms. The molecule has 2 heterocycles. The van der Waals surface area contributed by atoms with Crippen LogP contribution in [0.1, 0.15) is 43.5 Å². The minimum atomic E-state index is -1.02. The molecule has 1 aromatic carbocycles. The highest BCUT2D eigenvalue weighted by Crippen LogP contribution is 2.17. The first-order chi connectivity index (χ1) is 13.9. The molecule has 3 rings (SSSR count). The van der Waals surface area contributed by atoms with E-state index < -0.39 is 35.1 Å². The monoisotopic (exact) mass is 406 g/mol. The van der Waals surface area contributed by atoms with Gasteiger partial charge in [-0.15, -0.1) is 5.10 Å². The second-order valence-electron chi connectivity index (χ2n) is 7.31. The van der Waals surface area contributed by atoms with Gasteiger partial charge in [0.2, 0.25) is 17.8 Å². The minimum Gasteiger partial charge on any atom is -0.340 e. The SMILES string of the molecule is CC(C)C(NC(=O)c1c(F)cccc1F)C(=O)Nc1nc(N2CCCCC2)n[nH]1. The molecule has 1 aliphatic heterocycles. The summed E-state index contributed by atoms with van der Waals surface area (Å²) < 4.78 is 27.7. The van der Waals surface area contributed by atoms with Crippen molar-refractivity contribution in [2.24, 2.45) is 5.92 Å². The molecule has 1 aromatic heterocycles. The van der Waals surface area contributed by atoms with Crippen molar-refractivity contribution in [2.45, 2.75) is 39.2 Å². The molecule has 8 nitrogen and oxygen atoms in total. The fourth-order valence-electron chi connectivity index (χ4n) is 3.20. The van der Waals surface area contributed by atoms with Crippen LogP contribution in [-0.4, -0.2) is 46.1 Å². The van der Waals surface area contributed by atoms with E-state index in [4.69, 9.17) is 0 Å². The molecular formula is C19H24F2N6O2. The highest BCUT2D eigenvalue weighted by atomic mass is 19.1. The molecule has 1 atom stereocenters. The van der Waals surface area contributed by atoms with E-state index in [1.54, 1.807) is 13.8 Å². The lowest BCUT2D eigenvalue weighted by Crippen LogP contribution is -2.47. The number of benzene rings is 1. The zero-order valence-electron chi connectivity index (χ0n) is 16.3. The van der Waals surface area contributed by atoms with E-state index in [0.717, 1.165) is 44.1 Å². The summed E-state index contributed by atoms with van der Waals surface area (Å²) in [6, 6.07) is 2.11. The molecule has 156 valence electrons.